The number of hydrogen-bond donors (Lipinski definition) is 1. The van der Waals surface area contributed by atoms with Gasteiger partial charge in [0, 0.05) is 75.1 Å². The van der Waals surface area contributed by atoms with Crippen LogP contribution in [0.25, 0.3) is 11.1 Å². The molecule has 5 rings (SSSR count). The summed E-state index contributed by atoms with van der Waals surface area (Å²) in [6, 6.07) is 15.8. The van der Waals surface area contributed by atoms with Gasteiger partial charge >= 0.3 is 0 Å². The maximum absolute atomic E-state index is 12.8. The first-order chi connectivity index (χ1) is 17.0. The van der Waals surface area contributed by atoms with Crippen LogP contribution in [0.1, 0.15) is 23.1 Å². The quantitative estimate of drug-likeness (QED) is 0.594. The van der Waals surface area contributed by atoms with Gasteiger partial charge in [-0.25, -0.2) is 4.98 Å². The summed E-state index contributed by atoms with van der Waals surface area (Å²) in [5, 5.41) is 5.16. The van der Waals surface area contributed by atoms with Gasteiger partial charge < -0.3 is 15.1 Å². The Morgan fingerprint density at radius 3 is 2.49 bits per heavy atom. The van der Waals surface area contributed by atoms with E-state index in [4.69, 9.17) is 0 Å². The number of nitrogens with one attached hydrogen (secondary N) is 1. The van der Waals surface area contributed by atoms with Crippen molar-refractivity contribution in [3.05, 3.63) is 65.1 Å². The van der Waals surface area contributed by atoms with Crippen molar-refractivity contribution >= 4 is 40.4 Å². The molecular weight excluding hydrogens is 462 g/mol. The first-order valence-electron chi connectivity index (χ1n) is 11.7. The predicted molar refractivity (Wildman–Crippen MR) is 137 cm³/mol. The van der Waals surface area contributed by atoms with E-state index in [1.165, 1.54) is 18.3 Å². The van der Waals surface area contributed by atoms with Crippen molar-refractivity contribution in [2.24, 2.45) is 0 Å². The molecule has 1 unspecified atom stereocenters. The van der Waals surface area contributed by atoms with E-state index in [0.29, 0.717) is 31.1 Å². The summed E-state index contributed by atoms with van der Waals surface area (Å²) in [6.07, 6.45) is 2.14. The number of amides is 3. The molecule has 0 saturated carbocycles. The van der Waals surface area contributed by atoms with Gasteiger partial charge in [-0.1, -0.05) is 24.3 Å². The Kier molecular flexibility index (Phi) is 6.61. The lowest BCUT2D eigenvalue weighted by molar-refractivity contribution is -0.117. The van der Waals surface area contributed by atoms with Crippen molar-refractivity contribution < 1.29 is 14.4 Å². The molecule has 0 aliphatic carbocycles. The Morgan fingerprint density at radius 1 is 1.03 bits per heavy atom. The van der Waals surface area contributed by atoms with E-state index in [1.807, 2.05) is 63.7 Å². The number of benzene rings is 2. The fourth-order valence-corrected chi connectivity index (χ4v) is 5.35. The van der Waals surface area contributed by atoms with Crippen LogP contribution >= 0.6 is 11.3 Å². The highest BCUT2D eigenvalue weighted by molar-refractivity contribution is 7.11. The molecule has 0 bridgehead atoms. The lowest BCUT2D eigenvalue weighted by Crippen LogP contribution is -2.52. The Labute approximate surface area is 208 Å². The van der Waals surface area contributed by atoms with Crippen molar-refractivity contribution in [1.29, 1.82) is 0 Å². The molecule has 1 N–H and O–H groups in total. The molecular formula is C26H27N5O3S. The zero-order valence-corrected chi connectivity index (χ0v) is 20.3. The maximum Gasteiger partial charge on any atom is 0.282 e. The molecule has 2 aliphatic heterocycles. The number of carbonyl (C=O) groups is 3. The lowest BCUT2D eigenvalue weighted by atomic mass is 10.0. The van der Waals surface area contributed by atoms with E-state index < -0.39 is 0 Å². The van der Waals surface area contributed by atoms with Gasteiger partial charge in [-0.3, -0.25) is 19.3 Å². The fourth-order valence-electron chi connectivity index (χ4n) is 4.75. The van der Waals surface area contributed by atoms with Gasteiger partial charge in [0.1, 0.15) is 0 Å². The van der Waals surface area contributed by atoms with Gasteiger partial charge in [0.15, 0.2) is 5.01 Å². The second kappa shape index (κ2) is 9.97. The highest BCUT2D eigenvalue weighted by Gasteiger charge is 2.36. The first kappa shape index (κ1) is 23.2. The van der Waals surface area contributed by atoms with Crippen LogP contribution in [0.2, 0.25) is 0 Å². The van der Waals surface area contributed by atoms with Gasteiger partial charge in [0.25, 0.3) is 5.91 Å². The van der Waals surface area contributed by atoms with E-state index >= 15 is 0 Å². The number of piperazine rings is 1. The minimum absolute atomic E-state index is 0.00789. The zero-order valence-electron chi connectivity index (χ0n) is 19.5. The van der Waals surface area contributed by atoms with Crippen LogP contribution in [0.4, 0.5) is 11.4 Å². The Balaban J connectivity index is 1.20. The van der Waals surface area contributed by atoms with E-state index in [-0.39, 0.29) is 23.8 Å². The van der Waals surface area contributed by atoms with Crippen LogP contribution in [0.3, 0.4) is 0 Å². The summed E-state index contributed by atoms with van der Waals surface area (Å²) in [6.45, 7) is 4.95. The third-order valence-electron chi connectivity index (χ3n) is 6.53. The molecule has 35 heavy (non-hydrogen) atoms. The summed E-state index contributed by atoms with van der Waals surface area (Å²) in [5.41, 5.74) is 3.66. The molecule has 9 heteroatoms. The van der Waals surface area contributed by atoms with Gasteiger partial charge in [0.2, 0.25) is 11.8 Å². The fraction of sp³-hybridized carbons (Fsp3) is 0.308. The zero-order chi connectivity index (χ0) is 24.4. The predicted octanol–water partition coefficient (Wildman–Crippen LogP) is 3.33. The molecule has 1 aromatic heterocycles. The Bertz CT molecular complexity index is 1220. The minimum atomic E-state index is -0.105. The van der Waals surface area contributed by atoms with Crippen molar-refractivity contribution in [3.63, 3.8) is 0 Å². The topological polar surface area (TPSA) is 85.8 Å². The average Bonchev–Trinajstić information content (AvgIpc) is 3.54. The third kappa shape index (κ3) is 5.11. The highest BCUT2D eigenvalue weighted by atomic mass is 32.1. The molecule has 3 aromatic rings. The van der Waals surface area contributed by atoms with Crippen molar-refractivity contribution in [3.8, 4) is 11.1 Å². The summed E-state index contributed by atoms with van der Waals surface area (Å²) in [4.78, 5) is 46.9. The number of thiazole rings is 1. The molecule has 3 heterocycles. The number of aromatic nitrogens is 1. The second-order valence-electron chi connectivity index (χ2n) is 8.84. The number of hydrogen-bond acceptors (Lipinski definition) is 6. The van der Waals surface area contributed by atoms with Crippen molar-refractivity contribution in [2.75, 3.05) is 42.9 Å². The summed E-state index contributed by atoms with van der Waals surface area (Å²) in [5.74, 6) is 0.00954. The number of anilines is 2. The smallest absolute Gasteiger partial charge is 0.282 e. The molecule has 8 nitrogen and oxygen atoms in total. The largest absolute Gasteiger partial charge is 0.334 e. The van der Waals surface area contributed by atoms with Crippen LogP contribution in [0, 0.1) is 0 Å². The summed E-state index contributed by atoms with van der Waals surface area (Å²) < 4.78 is 0. The van der Waals surface area contributed by atoms with Gasteiger partial charge in [-0.15, -0.1) is 11.3 Å². The molecule has 1 atom stereocenters. The summed E-state index contributed by atoms with van der Waals surface area (Å²) in [7, 11) is 0. The van der Waals surface area contributed by atoms with E-state index in [0.717, 1.165) is 35.6 Å². The molecule has 180 valence electrons. The molecule has 2 saturated heterocycles. The third-order valence-corrected chi connectivity index (χ3v) is 7.29. The highest BCUT2D eigenvalue weighted by Crippen LogP contribution is 2.29. The van der Waals surface area contributed by atoms with Crippen molar-refractivity contribution in [2.45, 2.75) is 19.4 Å². The molecule has 0 spiro atoms. The lowest BCUT2D eigenvalue weighted by Gasteiger charge is -2.37. The first-order valence-corrected chi connectivity index (χ1v) is 12.6. The number of rotatable bonds is 5. The van der Waals surface area contributed by atoms with Gasteiger partial charge in [0.05, 0.1) is 0 Å². The van der Waals surface area contributed by atoms with Crippen LogP contribution in [-0.4, -0.2) is 71.3 Å². The standard InChI is InChI=1S/C26H27N5O3S/c1-18(32)28-21-4-2-3-20(15-21)19-5-7-22(8-6-19)31-17-23(16-24(31)33)29-10-12-30(13-11-29)26(34)25-27-9-14-35-25/h2-9,14-15,23H,10-13,16-17H2,1H3,(H,28,32). The minimum Gasteiger partial charge on any atom is -0.334 e. The monoisotopic (exact) mass is 489 g/mol. The molecule has 2 aromatic carbocycles. The van der Waals surface area contributed by atoms with E-state index in [2.05, 4.69) is 15.2 Å². The molecule has 3 amide bonds. The van der Waals surface area contributed by atoms with Crippen LogP contribution in [0.15, 0.2) is 60.1 Å². The molecule has 2 aliphatic rings. The van der Waals surface area contributed by atoms with E-state index in [1.54, 1.807) is 6.20 Å². The summed E-state index contributed by atoms with van der Waals surface area (Å²) >= 11 is 1.37. The normalized spacial score (nSPS) is 18.7. The number of carbonyl (C=O) groups excluding carboxylic acids is 3. The van der Waals surface area contributed by atoms with E-state index in [9.17, 15) is 14.4 Å². The Morgan fingerprint density at radius 2 is 1.80 bits per heavy atom. The van der Waals surface area contributed by atoms with Gasteiger partial charge in [-0.05, 0) is 35.4 Å². The van der Waals surface area contributed by atoms with Gasteiger partial charge in [-0.2, -0.15) is 0 Å². The maximum atomic E-state index is 12.8. The van der Waals surface area contributed by atoms with Crippen LogP contribution in [0.5, 0.6) is 0 Å². The number of nitrogens with zero attached hydrogens (tertiary/aromatic N) is 4. The second-order valence-corrected chi connectivity index (χ2v) is 9.73. The average molecular weight is 490 g/mol. The molecule has 2 fully saturated rings. The Hall–Kier alpha value is -3.56. The SMILES string of the molecule is CC(=O)Nc1cccc(-c2ccc(N3CC(N4CCN(C(=O)c5nccs5)CC4)CC3=O)cc2)c1. The van der Waals surface area contributed by atoms with Crippen LogP contribution < -0.4 is 10.2 Å². The van der Waals surface area contributed by atoms with Crippen molar-refractivity contribution in [1.82, 2.24) is 14.8 Å². The van der Waals surface area contributed by atoms with Crippen LogP contribution in [-0.2, 0) is 9.59 Å². The molecule has 0 radical (unpaired) electrons.